The van der Waals surface area contributed by atoms with Crippen molar-refractivity contribution in [1.29, 1.82) is 0 Å². The largest absolute Gasteiger partial charge is 0.481 e. The van der Waals surface area contributed by atoms with E-state index in [-0.39, 0.29) is 18.3 Å². The Hall–Kier alpha value is -1.17. The van der Waals surface area contributed by atoms with Gasteiger partial charge in [0.15, 0.2) is 0 Å². The molecular weight excluding hydrogens is 320 g/mol. The Morgan fingerprint density at radius 1 is 1.16 bits per heavy atom. The second kappa shape index (κ2) is 12.2. The van der Waals surface area contributed by atoms with Crippen molar-refractivity contribution in [2.24, 2.45) is 11.8 Å². The molecule has 0 aliphatic heterocycles. The predicted octanol–water partition coefficient (Wildman–Crippen LogP) is 3.04. The highest BCUT2D eigenvalue weighted by molar-refractivity contribution is 5.66. The highest BCUT2D eigenvalue weighted by Gasteiger charge is 2.39. The Morgan fingerprint density at radius 3 is 2.60 bits per heavy atom. The van der Waals surface area contributed by atoms with E-state index < -0.39 is 24.3 Å². The minimum atomic E-state index is -0.787. The molecule has 0 aromatic carbocycles. The molecule has 0 amide bonds. The average Bonchev–Trinajstić information content (AvgIpc) is 2.82. The standard InChI is InChI=1S/C20H34O5/c1-2-3-6-9-15(21)12-13-17-16(18(22)14-19(17)23)10-7-4-5-8-11-20(24)25/h4,7,12-13,15-19,21-23H,2-3,5-6,8-11,14H2,1H3,(H,24,25)/b7-4+,13-12-/t15-,16-,17-,18+,19-/m1/s1. The predicted molar refractivity (Wildman–Crippen MR) is 98.1 cm³/mol. The Bertz CT molecular complexity index is 432. The lowest BCUT2D eigenvalue weighted by atomic mass is 9.89. The SMILES string of the molecule is CCCCC[C@@H](O)/C=C\[C@@H]1[C@@H](C/C=C/CCCC(=O)O)[C@@H](O)C[C@H]1O. The number of aliphatic hydroxyl groups is 3. The van der Waals surface area contributed by atoms with Crippen LogP contribution < -0.4 is 0 Å². The number of rotatable bonds is 12. The van der Waals surface area contributed by atoms with E-state index in [0.29, 0.717) is 25.7 Å². The Balaban J connectivity index is 2.46. The Labute approximate surface area is 151 Å². The molecule has 0 aromatic heterocycles. The molecule has 0 saturated heterocycles. The molecule has 0 spiro atoms. The summed E-state index contributed by atoms with van der Waals surface area (Å²) < 4.78 is 0. The quantitative estimate of drug-likeness (QED) is 0.319. The first-order chi connectivity index (χ1) is 12.0. The smallest absolute Gasteiger partial charge is 0.303 e. The van der Waals surface area contributed by atoms with Crippen LogP contribution >= 0.6 is 0 Å². The van der Waals surface area contributed by atoms with Gasteiger partial charge in [0.25, 0.3) is 0 Å². The number of unbranched alkanes of at least 4 members (excludes halogenated alkanes) is 3. The van der Waals surface area contributed by atoms with Crippen LogP contribution in [0.4, 0.5) is 0 Å². The fourth-order valence-electron chi connectivity index (χ4n) is 3.41. The zero-order valence-corrected chi connectivity index (χ0v) is 15.3. The van der Waals surface area contributed by atoms with E-state index in [2.05, 4.69) is 6.92 Å². The van der Waals surface area contributed by atoms with Gasteiger partial charge in [0.05, 0.1) is 18.3 Å². The summed E-state index contributed by atoms with van der Waals surface area (Å²) >= 11 is 0. The van der Waals surface area contributed by atoms with Crippen LogP contribution in [0.3, 0.4) is 0 Å². The molecule has 0 bridgehead atoms. The van der Waals surface area contributed by atoms with Crippen molar-refractivity contribution in [3.8, 4) is 0 Å². The zero-order valence-electron chi connectivity index (χ0n) is 15.3. The van der Waals surface area contributed by atoms with Crippen molar-refractivity contribution in [2.45, 2.75) is 83.0 Å². The minimum Gasteiger partial charge on any atom is -0.481 e. The van der Waals surface area contributed by atoms with E-state index in [1.165, 1.54) is 0 Å². The summed E-state index contributed by atoms with van der Waals surface area (Å²) in [5.41, 5.74) is 0. The highest BCUT2D eigenvalue weighted by Crippen LogP contribution is 2.36. The molecule has 5 atom stereocenters. The van der Waals surface area contributed by atoms with E-state index >= 15 is 0 Å². The number of hydrogen-bond acceptors (Lipinski definition) is 4. The zero-order chi connectivity index (χ0) is 18.7. The first-order valence-electron chi connectivity index (χ1n) is 9.55. The second-order valence-corrected chi connectivity index (χ2v) is 7.05. The number of carboxylic acids is 1. The third kappa shape index (κ3) is 8.66. The summed E-state index contributed by atoms with van der Waals surface area (Å²) in [6.45, 7) is 2.12. The lowest BCUT2D eigenvalue weighted by Crippen LogP contribution is -2.20. The number of aliphatic carboxylic acids is 1. The van der Waals surface area contributed by atoms with Gasteiger partial charge in [0.1, 0.15) is 0 Å². The molecule has 0 unspecified atom stereocenters. The van der Waals surface area contributed by atoms with Crippen molar-refractivity contribution in [3.05, 3.63) is 24.3 Å². The number of carboxylic acid groups (broad SMARTS) is 1. The van der Waals surface area contributed by atoms with Crippen LogP contribution in [-0.2, 0) is 4.79 Å². The van der Waals surface area contributed by atoms with Crippen molar-refractivity contribution in [2.75, 3.05) is 0 Å². The van der Waals surface area contributed by atoms with Gasteiger partial charge < -0.3 is 20.4 Å². The van der Waals surface area contributed by atoms with Crippen molar-refractivity contribution >= 4 is 5.97 Å². The van der Waals surface area contributed by atoms with Crippen molar-refractivity contribution < 1.29 is 25.2 Å². The molecule has 0 aromatic rings. The second-order valence-electron chi connectivity index (χ2n) is 7.05. The normalized spacial score (nSPS) is 28.2. The molecule has 1 aliphatic rings. The van der Waals surface area contributed by atoms with Crippen LogP contribution in [0, 0.1) is 11.8 Å². The van der Waals surface area contributed by atoms with E-state index in [1.54, 1.807) is 6.08 Å². The van der Waals surface area contributed by atoms with Crippen LogP contribution in [-0.4, -0.2) is 44.7 Å². The van der Waals surface area contributed by atoms with Gasteiger partial charge in [-0.05, 0) is 31.6 Å². The van der Waals surface area contributed by atoms with Gasteiger partial charge in [-0.1, -0.05) is 50.5 Å². The molecule has 144 valence electrons. The molecule has 1 aliphatic carbocycles. The number of carbonyl (C=O) groups is 1. The maximum absolute atomic E-state index is 10.5. The number of hydrogen-bond donors (Lipinski definition) is 4. The molecule has 1 saturated carbocycles. The Morgan fingerprint density at radius 2 is 1.92 bits per heavy atom. The molecular formula is C20H34O5. The maximum atomic E-state index is 10.5. The molecule has 25 heavy (non-hydrogen) atoms. The summed E-state index contributed by atoms with van der Waals surface area (Å²) in [6.07, 6.45) is 12.3. The lowest BCUT2D eigenvalue weighted by molar-refractivity contribution is -0.137. The van der Waals surface area contributed by atoms with Gasteiger partial charge in [0.2, 0.25) is 0 Å². The van der Waals surface area contributed by atoms with Gasteiger partial charge >= 0.3 is 5.97 Å². The summed E-state index contributed by atoms with van der Waals surface area (Å²) in [5.74, 6) is -1.00. The highest BCUT2D eigenvalue weighted by atomic mass is 16.4. The molecule has 5 nitrogen and oxygen atoms in total. The lowest BCUT2D eigenvalue weighted by Gasteiger charge is -2.19. The fourth-order valence-corrected chi connectivity index (χ4v) is 3.41. The van der Waals surface area contributed by atoms with Gasteiger partial charge in [-0.15, -0.1) is 0 Å². The van der Waals surface area contributed by atoms with E-state index in [4.69, 9.17) is 5.11 Å². The van der Waals surface area contributed by atoms with Crippen molar-refractivity contribution in [1.82, 2.24) is 0 Å². The summed E-state index contributed by atoms with van der Waals surface area (Å²) in [6, 6.07) is 0. The van der Waals surface area contributed by atoms with Crippen LogP contribution in [0.5, 0.6) is 0 Å². The van der Waals surface area contributed by atoms with Crippen LogP contribution in [0.25, 0.3) is 0 Å². The van der Waals surface area contributed by atoms with Gasteiger partial charge in [-0.25, -0.2) is 0 Å². The number of aliphatic hydroxyl groups excluding tert-OH is 3. The monoisotopic (exact) mass is 354 g/mol. The minimum absolute atomic E-state index is 0.0650. The molecule has 0 radical (unpaired) electrons. The van der Waals surface area contributed by atoms with Crippen LogP contribution in [0.15, 0.2) is 24.3 Å². The van der Waals surface area contributed by atoms with Gasteiger partial charge in [-0.2, -0.15) is 0 Å². The van der Waals surface area contributed by atoms with E-state index in [9.17, 15) is 20.1 Å². The first-order valence-corrected chi connectivity index (χ1v) is 9.55. The molecule has 1 fully saturated rings. The number of allylic oxidation sites excluding steroid dienone is 2. The van der Waals surface area contributed by atoms with Gasteiger partial charge in [0, 0.05) is 18.8 Å². The van der Waals surface area contributed by atoms with Gasteiger partial charge in [-0.3, -0.25) is 4.79 Å². The topological polar surface area (TPSA) is 98.0 Å². The summed E-state index contributed by atoms with van der Waals surface area (Å²) in [5, 5.41) is 39.0. The summed E-state index contributed by atoms with van der Waals surface area (Å²) in [7, 11) is 0. The molecule has 4 N–H and O–H groups in total. The van der Waals surface area contributed by atoms with Crippen LogP contribution in [0.1, 0.15) is 64.7 Å². The fraction of sp³-hybridized carbons (Fsp3) is 0.750. The molecule has 0 heterocycles. The van der Waals surface area contributed by atoms with Crippen LogP contribution in [0.2, 0.25) is 0 Å². The molecule has 1 rings (SSSR count). The van der Waals surface area contributed by atoms with E-state index in [1.807, 2.05) is 18.2 Å². The first kappa shape index (κ1) is 21.9. The van der Waals surface area contributed by atoms with Crippen molar-refractivity contribution in [3.63, 3.8) is 0 Å². The third-order valence-electron chi connectivity index (χ3n) is 4.91. The average molecular weight is 354 g/mol. The maximum Gasteiger partial charge on any atom is 0.303 e. The third-order valence-corrected chi connectivity index (χ3v) is 4.91. The summed E-state index contributed by atoms with van der Waals surface area (Å²) in [4.78, 5) is 10.5. The Kier molecular flexibility index (Phi) is 10.7. The van der Waals surface area contributed by atoms with E-state index in [0.717, 1.165) is 25.7 Å². The molecule has 5 heteroatoms.